The molecule has 0 bridgehead atoms. The van der Waals surface area contributed by atoms with Crippen LogP contribution in [0.2, 0.25) is 0 Å². The van der Waals surface area contributed by atoms with Crippen molar-refractivity contribution in [1.82, 2.24) is 4.90 Å². The van der Waals surface area contributed by atoms with Crippen molar-refractivity contribution in [1.29, 1.82) is 5.26 Å². The van der Waals surface area contributed by atoms with Crippen LogP contribution < -0.4 is 4.74 Å². The molecule has 1 saturated heterocycles. The van der Waals surface area contributed by atoms with Crippen LogP contribution in [0.1, 0.15) is 38.2 Å². The summed E-state index contributed by atoms with van der Waals surface area (Å²) in [6.07, 6.45) is 5.73. The quantitative estimate of drug-likeness (QED) is 0.796. The van der Waals surface area contributed by atoms with Crippen molar-refractivity contribution in [3.05, 3.63) is 29.8 Å². The zero-order chi connectivity index (χ0) is 14.2. The number of ether oxygens (including phenoxy) is 1. The Morgan fingerprint density at radius 1 is 1.30 bits per heavy atom. The second-order valence-corrected chi connectivity index (χ2v) is 5.42. The Morgan fingerprint density at radius 2 is 2.10 bits per heavy atom. The van der Waals surface area contributed by atoms with E-state index < -0.39 is 0 Å². The zero-order valence-electron chi connectivity index (χ0n) is 12.3. The fourth-order valence-electron chi connectivity index (χ4n) is 2.89. The molecule has 1 fully saturated rings. The van der Waals surface area contributed by atoms with E-state index in [1.807, 2.05) is 24.3 Å². The highest BCUT2D eigenvalue weighted by molar-refractivity contribution is 5.28. The molecule has 1 aliphatic heterocycles. The molecule has 1 aliphatic rings. The Balaban J connectivity index is 1.76. The minimum atomic E-state index is 0.465. The molecule has 20 heavy (non-hydrogen) atoms. The van der Waals surface area contributed by atoms with Crippen molar-refractivity contribution in [3.63, 3.8) is 0 Å². The average Bonchev–Trinajstić information content (AvgIpc) is 2.50. The van der Waals surface area contributed by atoms with Gasteiger partial charge in [0.2, 0.25) is 0 Å². The van der Waals surface area contributed by atoms with Gasteiger partial charge in [-0.05, 0) is 43.5 Å². The Bertz CT molecular complexity index is 435. The van der Waals surface area contributed by atoms with Gasteiger partial charge in [-0.15, -0.1) is 0 Å². The van der Waals surface area contributed by atoms with E-state index in [1.54, 1.807) is 0 Å². The van der Waals surface area contributed by atoms with E-state index in [-0.39, 0.29) is 0 Å². The predicted octanol–water partition coefficient (Wildman–Crippen LogP) is 3.40. The lowest BCUT2D eigenvalue weighted by Gasteiger charge is -2.34. The molecule has 0 N–H and O–H groups in total. The molecule has 0 aromatic heterocycles. The first-order valence-electron chi connectivity index (χ1n) is 7.66. The highest BCUT2D eigenvalue weighted by atomic mass is 16.5. The topological polar surface area (TPSA) is 36.3 Å². The van der Waals surface area contributed by atoms with Crippen molar-refractivity contribution in [3.8, 4) is 11.8 Å². The van der Waals surface area contributed by atoms with Crippen molar-refractivity contribution >= 4 is 0 Å². The Morgan fingerprint density at radius 3 is 2.80 bits per heavy atom. The summed E-state index contributed by atoms with van der Waals surface area (Å²) in [6, 6.07) is 10.7. The minimum Gasteiger partial charge on any atom is -0.492 e. The fourth-order valence-corrected chi connectivity index (χ4v) is 2.89. The van der Waals surface area contributed by atoms with Gasteiger partial charge in [0.1, 0.15) is 12.4 Å². The molecule has 1 atom stereocenters. The Hall–Kier alpha value is -1.53. The first kappa shape index (κ1) is 14.9. The van der Waals surface area contributed by atoms with Crippen LogP contribution in [0.15, 0.2) is 24.3 Å². The van der Waals surface area contributed by atoms with Gasteiger partial charge in [0.25, 0.3) is 0 Å². The first-order valence-corrected chi connectivity index (χ1v) is 7.66. The van der Waals surface area contributed by atoms with Gasteiger partial charge in [-0.25, -0.2) is 0 Å². The molecule has 2 rings (SSSR count). The second-order valence-electron chi connectivity index (χ2n) is 5.42. The van der Waals surface area contributed by atoms with E-state index in [4.69, 9.17) is 10.00 Å². The van der Waals surface area contributed by atoms with E-state index in [1.165, 1.54) is 32.2 Å². The van der Waals surface area contributed by atoms with Gasteiger partial charge in [0.15, 0.2) is 0 Å². The summed E-state index contributed by atoms with van der Waals surface area (Å²) in [6.45, 7) is 5.24. The zero-order valence-corrected chi connectivity index (χ0v) is 12.3. The maximum Gasteiger partial charge on any atom is 0.119 e. The average molecular weight is 272 g/mol. The van der Waals surface area contributed by atoms with Crippen LogP contribution in [0.25, 0.3) is 0 Å². The number of benzene rings is 1. The maximum absolute atomic E-state index is 8.64. The SMILES string of the molecule is CCC1CCCCN1CCOc1ccc(CC#N)cc1. The summed E-state index contributed by atoms with van der Waals surface area (Å²) < 4.78 is 5.81. The minimum absolute atomic E-state index is 0.465. The summed E-state index contributed by atoms with van der Waals surface area (Å²) in [5, 5.41) is 8.64. The van der Waals surface area contributed by atoms with Crippen molar-refractivity contribution in [2.45, 2.75) is 45.1 Å². The van der Waals surface area contributed by atoms with E-state index >= 15 is 0 Å². The third-order valence-corrected chi connectivity index (χ3v) is 4.07. The third kappa shape index (κ3) is 4.25. The normalized spacial score (nSPS) is 19.5. The standard InChI is InChI=1S/C17H24N2O/c1-2-16-5-3-4-12-19(16)13-14-20-17-8-6-15(7-9-17)10-11-18/h6-9,16H,2-5,10,12-14H2,1H3. The second kappa shape index (κ2) is 7.91. The summed E-state index contributed by atoms with van der Waals surface area (Å²) in [5.74, 6) is 0.900. The lowest BCUT2D eigenvalue weighted by molar-refractivity contribution is 0.120. The highest BCUT2D eigenvalue weighted by Gasteiger charge is 2.20. The predicted molar refractivity (Wildman–Crippen MR) is 80.8 cm³/mol. The Labute approximate surface area is 122 Å². The van der Waals surface area contributed by atoms with Crippen LogP contribution in [-0.4, -0.2) is 30.6 Å². The number of likely N-dealkylation sites (tertiary alicyclic amines) is 1. The fraction of sp³-hybridized carbons (Fsp3) is 0.588. The highest BCUT2D eigenvalue weighted by Crippen LogP contribution is 2.19. The van der Waals surface area contributed by atoms with Gasteiger partial charge in [-0.1, -0.05) is 25.5 Å². The van der Waals surface area contributed by atoms with Crippen LogP contribution in [0, 0.1) is 11.3 Å². The molecule has 108 valence electrons. The molecule has 0 radical (unpaired) electrons. The van der Waals surface area contributed by atoms with Crippen molar-refractivity contribution in [2.75, 3.05) is 19.7 Å². The molecule has 1 unspecified atom stereocenters. The van der Waals surface area contributed by atoms with Crippen molar-refractivity contribution in [2.24, 2.45) is 0 Å². The molecule has 1 aromatic rings. The summed E-state index contributed by atoms with van der Waals surface area (Å²) in [5.41, 5.74) is 1.04. The van der Waals surface area contributed by atoms with Gasteiger partial charge in [0.05, 0.1) is 12.5 Å². The van der Waals surface area contributed by atoms with Crippen LogP contribution >= 0.6 is 0 Å². The van der Waals surface area contributed by atoms with E-state index in [0.29, 0.717) is 6.42 Å². The van der Waals surface area contributed by atoms with Crippen molar-refractivity contribution < 1.29 is 4.74 Å². The van der Waals surface area contributed by atoms with Gasteiger partial charge in [-0.3, -0.25) is 4.90 Å². The summed E-state index contributed by atoms with van der Waals surface area (Å²) >= 11 is 0. The van der Waals surface area contributed by atoms with Gasteiger partial charge in [-0.2, -0.15) is 5.26 Å². The largest absolute Gasteiger partial charge is 0.492 e. The molecule has 0 spiro atoms. The molecule has 0 saturated carbocycles. The van der Waals surface area contributed by atoms with Gasteiger partial charge < -0.3 is 4.74 Å². The van der Waals surface area contributed by atoms with Crippen LogP contribution in [0.3, 0.4) is 0 Å². The van der Waals surface area contributed by atoms with E-state index in [0.717, 1.165) is 30.5 Å². The van der Waals surface area contributed by atoms with Gasteiger partial charge in [0, 0.05) is 12.6 Å². The molecule has 0 aliphatic carbocycles. The number of hydrogen-bond donors (Lipinski definition) is 0. The van der Waals surface area contributed by atoms with Crippen LogP contribution in [0.4, 0.5) is 0 Å². The molecule has 1 aromatic carbocycles. The summed E-state index contributed by atoms with van der Waals surface area (Å²) in [7, 11) is 0. The lowest BCUT2D eigenvalue weighted by Crippen LogP contribution is -2.41. The lowest BCUT2D eigenvalue weighted by atomic mass is 10.0. The number of piperidine rings is 1. The molecular weight excluding hydrogens is 248 g/mol. The van der Waals surface area contributed by atoms with Crippen LogP contribution in [-0.2, 0) is 6.42 Å². The van der Waals surface area contributed by atoms with E-state index in [2.05, 4.69) is 17.9 Å². The molecule has 3 nitrogen and oxygen atoms in total. The summed E-state index contributed by atoms with van der Waals surface area (Å²) in [4.78, 5) is 2.56. The smallest absolute Gasteiger partial charge is 0.119 e. The maximum atomic E-state index is 8.64. The number of nitriles is 1. The number of rotatable bonds is 6. The first-order chi connectivity index (χ1) is 9.83. The monoisotopic (exact) mass is 272 g/mol. The molecular formula is C17H24N2O. The molecule has 0 amide bonds. The van der Waals surface area contributed by atoms with E-state index in [9.17, 15) is 0 Å². The third-order valence-electron chi connectivity index (χ3n) is 4.07. The number of hydrogen-bond acceptors (Lipinski definition) is 3. The molecule has 1 heterocycles. The Kier molecular flexibility index (Phi) is 5.88. The number of nitrogens with zero attached hydrogens (tertiary/aromatic N) is 2. The van der Waals surface area contributed by atoms with Crippen LogP contribution in [0.5, 0.6) is 5.75 Å². The molecule has 3 heteroatoms. The van der Waals surface area contributed by atoms with Gasteiger partial charge >= 0.3 is 0 Å².